The quantitative estimate of drug-likeness (QED) is 0.0460. The molecule has 5 heteroatoms. The van der Waals surface area contributed by atoms with Crippen LogP contribution in [0.15, 0.2) is 0 Å². The van der Waals surface area contributed by atoms with E-state index in [1.54, 1.807) is 0 Å². The van der Waals surface area contributed by atoms with Crippen LogP contribution in [0.2, 0.25) is 0 Å². The first kappa shape index (κ1) is 50.9. The summed E-state index contributed by atoms with van der Waals surface area (Å²) in [5.41, 5.74) is 0. The maximum absolute atomic E-state index is 12.6. The van der Waals surface area contributed by atoms with Gasteiger partial charge in [-0.05, 0) is 19.3 Å². The van der Waals surface area contributed by atoms with Crippen LogP contribution >= 0.6 is 0 Å². The summed E-state index contributed by atoms with van der Waals surface area (Å²) in [7, 11) is 0. The molecule has 0 saturated carbocycles. The third kappa shape index (κ3) is 41.7. The monoisotopic (exact) mass is 737 g/mol. The highest BCUT2D eigenvalue weighted by molar-refractivity contribution is 5.70. The van der Waals surface area contributed by atoms with Crippen LogP contribution in [0.5, 0.6) is 0 Å². The SMILES string of the molecule is CCCCCCCCCCCCCCCCCCCCCC(=O)OCC(COCCCCCCCCCC)OC(=O)CCCCCCCCCCC. The Bertz CT molecular complexity index is 710. The number of carbonyl (C=O) groups excluding carboxylic acids is 2. The van der Waals surface area contributed by atoms with Gasteiger partial charge in [0, 0.05) is 19.4 Å². The van der Waals surface area contributed by atoms with E-state index in [0.717, 1.165) is 32.1 Å². The third-order valence-electron chi connectivity index (χ3n) is 10.6. The number of ether oxygens (including phenoxy) is 3. The van der Waals surface area contributed by atoms with Gasteiger partial charge < -0.3 is 14.2 Å². The van der Waals surface area contributed by atoms with E-state index in [0.29, 0.717) is 26.1 Å². The summed E-state index contributed by atoms with van der Waals surface area (Å²) >= 11 is 0. The van der Waals surface area contributed by atoms with Crippen LogP contribution in [0.4, 0.5) is 0 Å². The zero-order valence-electron chi connectivity index (χ0n) is 35.6. The summed E-state index contributed by atoms with van der Waals surface area (Å²) in [6.45, 7) is 7.85. The summed E-state index contributed by atoms with van der Waals surface area (Å²) in [5, 5.41) is 0. The molecule has 310 valence electrons. The molecule has 52 heavy (non-hydrogen) atoms. The molecule has 0 aromatic carbocycles. The molecule has 5 nitrogen and oxygen atoms in total. The molecule has 0 fully saturated rings. The first-order chi connectivity index (χ1) is 25.6. The standard InChI is InChI=1S/C47H92O5/c1-4-7-10-13-16-19-20-21-22-23-24-25-26-27-28-30-31-34-37-40-46(48)51-44-45(43-50-42-39-36-33-18-15-12-9-6-3)52-47(49)41-38-35-32-29-17-14-11-8-5-2/h45H,4-44H2,1-3H3. The highest BCUT2D eigenvalue weighted by atomic mass is 16.6. The number of rotatable bonds is 44. The van der Waals surface area contributed by atoms with Crippen LogP contribution in [-0.4, -0.2) is 37.9 Å². The largest absolute Gasteiger partial charge is 0.462 e. The molecule has 0 aromatic heterocycles. The number of esters is 2. The lowest BCUT2D eigenvalue weighted by molar-refractivity contribution is -0.163. The molecule has 0 rings (SSSR count). The minimum absolute atomic E-state index is 0.0961. The lowest BCUT2D eigenvalue weighted by Gasteiger charge is -2.18. The van der Waals surface area contributed by atoms with Gasteiger partial charge in [-0.3, -0.25) is 9.59 Å². The van der Waals surface area contributed by atoms with E-state index in [4.69, 9.17) is 14.2 Å². The van der Waals surface area contributed by atoms with Gasteiger partial charge in [-0.25, -0.2) is 0 Å². The van der Waals surface area contributed by atoms with Gasteiger partial charge in [-0.1, -0.05) is 233 Å². The molecule has 1 atom stereocenters. The Morgan fingerprint density at radius 1 is 0.346 bits per heavy atom. The second-order valence-corrected chi connectivity index (χ2v) is 16.0. The molecule has 0 aliphatic heterocycles. The van der Waals surface area contributed by atoms with Crippen molar-refractivity contribution in [3.05, 3.63) is 0 Å². The third-order valence-corrected chi connectivity index (χ3v) is 10.6. The van der Waals surface area contributed by atoms with Crippen LogP contribution in [0, 0.1) is 0 Å². The van der Waals surface area contributed by atoms with Gasteiger partial charge >= 0.3 is 11.9 Å². The lowest BCUT2D eigenvalue weighted by Crippen LogP contribution is -2.30. The van der Waals surface area contributed by atoms with E-state index in [1.807, 2.05) is 0 Å². The smallest absolute Gasteiger partial charge is 0.306 e. The fraction of sp³-hybridized carbons (Fsp3) is 0.957. The summed E-state index contributed by atoms with van der Waals surface area (Å²) in [6.07, 6.45) is 46.8. The number of carbonyl (C=O) groups is 2. The zero-order valence-corrected chi connectivity index (χ0v) is 35.6. The second kappa shape index (κ2) is 44.3. The van der Waals surface area contributed by atoms with E-state index < -0.39 is 6.10 Å². The van der Waals surface area contributed by atoms with Gasteiger partial charge in [0.2, 0.25) is 0 Å². The predicted molar refractivity (Wildman–Crippen MR) is 224 cm³/mol. The van der Waals surface area contributed by atoms with Crippen molar-refractivity contribution in [2.24, 2.45) is 0 Å². The summed E-state index contributed by atoms with van der Waals surface area (Å²) in [4.78, 5) is 25.1. The van der Waals surface area contributed by atoms with Crippen molar-refractivity contribution in [3.63, 3.8) is 0 Å². The molecule has 0 radical (unpaired) electrons. The van der Waals surface area contributed by atoms with Crippen LogP contribution in [0.25, 0.3) is 0 Å². The average molecular weight is 737 g/mol. The molecule has 0 spiro atoms. The lowest BCUT2D eigenvalue weighted by atomic mass is 10.0. The van der Waals surface area contributed by atoms with E-state index in [-0.39, 0.29) is 18.5 Å². The molecule has 1 unspecified atom stereocenters. The molecule has 0 amide bonds. The van der Waals surface area contributed by atoms with Gasteiger partial charge in [0.05, 0.1) is 6.61 Å². The normalized spacial score (nSPS) is 12.0. The van der Waals surface area contributed by atoms with Crippen molar-refractivity contribution >= 4 is 11.9 Å². The Morgan fingerprint density at radius 3 is 0.981 bits per heavy atom. The van der Waals surface area contributed by atoms with E-state index in [2.05, 4.69) is 20.8 Å². The molecular weight excluding hydrogens is 645 g/mol. The van der Waals surface area contributed by atoms with E-state index in [1.165, 1.54) is 199 Å². The zero-order chi connectivity index (χ0) is 37.8. The predicted octanol–water partition coefficient (Wildman–Crippen LogP) is 15.3. The molecule has 0 saturated heterocycles. The van der Waals surface area contributed by atoms with Gasteiger partial charge in [0.15, 0.2) is 6.10 Å². The molecule has 0 aliphatic rings. The van der Waals surface area contributed by atoms with Crippen LogP contribution in [0.3, 0.4) is 0 Å². The number of hydrogen-bond donors (Lipinski definition) is 0. The van der Waals surface area contributed by atoms with Crippen LogP contribution in [-0.2, 0) is 23.8 Å². The van der Waals surface area contributed by atoms with Crippen molar-refractivity contribution < 1.29 is 23.8 Å². The Morgan fingerprint density at radius 2 is 0.635 bits per heavy atom. The fourth-order valence-corrected chi connectivity index (χ4v) is 7.10. The van der Waals surface area contributed by atoms with Crippen LogP contribution in [0.1, 0.15) is 265 Å². The molecule has 0 aliphatic carbocycles. The Labute approximate surface area is 325 Å². The van der Waals surface area contributed by atoms with Crippen molar-refractivity contribution in [2.75, 3.05) is 19.8 Å². The average Bonchev–Trinajstić information content (AvgIpc) is 3.14. The van der Waals surface area contributed by atoms with Gasteiger partial charge in [0.25, 0.3) is 0 Å². The Hall–Kier alpha value is -1.10. The highest BCUT2D eigenvalue weighted by Gasteiger charge is 2.17. The van der Waals surface area contributed by atoms with Crippen LogP contribution < -0.4 is 0 Å². The minimum atomic E-state index is -0.519. The summed E-state index contributed by atoms with van der Waals surface area (Å²) in [5.74, 6) is -0.381. The first-order valence-corrected chi connectivity index (χ1v) is 23.6. The minimum Gasteiger partial charge on any atom is -0.462 e. The maximum Gasteiger partial charge on any atom is 0.306 e. The summed E-state index contributed by atoms with van der Waals surface area (Å²) < 4.78 is 17.3. The maximum atomic E-state index is 12.6. The molecular formula is C47H92O5. The van der Waals surface area contributed by atoms with Crippen molar-refractivity contribution in [3.8, 4) is 0 Å². The number of hydrogen-bond acceptors (Lipinski definition) is 5. The Kier molecular flexibility index (Phi) is 43.4. The second-order valence-electron chi connectivity index (χ2n) is 16.0. The molecule has 0 heterocycles. The van der Waals surface area contributed by atoms with Crippen molar-refractivity contribution in [2.45, 2.75) is 271 Å². The van der Waals surface area contributed by atoms with Gasteiger partial charge in [-0.15, -0.1) is 0 Å². The van der Waals surface area contributed by atoms with E-state index >= 15 is 0 Å². The topological polar surface area (TPSA) is 61.8 Å². The summed E-state index contributed by atoms with van der Waals surface area (Å²) in [6, 6.07) is 0. The highest BCUT2D eigenvalue weighted by Crippen LogP contribution is 2.16. The van der Waals surface area contributed by atoms with Crippen molar-refractivity contribution in [1.82, 2.24) is 0 Å². The van der Waals surface area contributed by atoms with Crippen molar-refractivity contribution in [1.29, 1.82) is 0 Å². The molecule has 0 N–H and O–H groups in total. The first-order valence-electron chi connectivity index (χ1n) is 23.6. The molecule has 0 aromatic rings. The Balaban J connectivity index is 4.01. The fourth-order valence-electron chi connectivity index (χ4n) is 7.10. The molecule has 0 bridgehead atoms. The number of unbranched alkanes of at least 4 members (excludes halogenated alkanes) is 33. The van der Waals surface area contributed by atoms with Gasteiger partial charge in [0.1, 0.15) is 6.61 Å². The van der Waals surface area contributed by atoms with Gasteiger partial charge in [-0.2, -0.15) is 0 Å². The van der Waals surface area contributed by atoms with E-state index in [9.17, 15) is 9.59 Å².